The van der Waals surface area contributed by atoms with Gasteiger partial charge in [0.1, 0.15) is 36.8 Å². The number of unbranched alkanes of at least 4 members (excludes halogenated alkanes) is 1. The zero-order valence-electron chi connectivity index (χ0n) is 45.1. The van der Waals surface area contributed by atoms with Gasteiger partial charge in [-0.1, -0.05) is 36.4 Å². The Bertz CT molecular complexity index is 2640. The molecule has 0 aromatic heterocycles. The first kappa shape index (κ1) is 63.0. The van der Waals surface area contributed by atoms with E-state index in [-0.39, 0.29) is 123 Å². The highest BCUT2D eigenvalue weighted by Gasteiger charge is 2.38. The van der Waals surface area contributed by atoms with Crippen LogP contribution in [0.25, 0.3) is 0 Å². The van der Waals surface area contributed by atoms with Crippen LogP contribution >= 0.6 is 0 Å². The Balaban J connectivity index is 1.12. The number of aliphatic imine (C=N–C) groups is 1. The van der Waals surface area contributed by atoms with Crippen LogP contribution in [0, 0.1) is 0 Å². The number of rotatable bonds is 27. The Kier molecular flexibility index (Phi) is 25.5. The molecule has 2 heterocycles. The Morgan fingerprint density at radius 2 is 1.29 bits per heavy atom. The van der Waals surface area contributed by atoms with Gasteiger partial charge in [0.15, 0.2) is 5.96 Å². The molecule has 80 heavy (non-hydrogen) atoms. The lowest BCUT2D eigenvalue weighted by atomic mass is 9.78. The third-order valence-corrected chi connectivity index (χ3v) is 13.4. The Morgan fingerprint density at radius 1 is 0.700 bits per heavy atom. The number of carbonyl (C=O) groups is 8. The highest BCUT2D eigenvalue weighted by atomic mass is 16.5. The van der Waals surface area contributed by atoms with Crippen LogP contribution in [-0.2, 0) is 66.0 Å². The lowest BCUT2D eigenvalue weighted by molar-refractivity contribution is -0.140. The summed E-state index contributed by atoms with van der Waals surface area (Å²) in [6.07, 6.45) is 3.18. The quantitative estimate of drug-likeness (QED) is 0.0209. The monoisotopic (exact) mass is 1110 g/mol. The zero-order chi connectivity index (χ0) is 58.1. The van der Waals surface area contributed by atoms with Gasteiger partial charge in [0.2, 0.25) is 23.6 Å². The maximum atomic E-state index is 13.5. The summed E-state index contributed by atoms with van der Waals surface area (Å²) >= 11 is 0. The molecule has 3 aromatic carbocycles. The first-order valence-corrected chi connectivity index (χ1v) is 26.8. The Hall–Kier alpha value is -7.81. The molecule has 0 saturated carbocycles. The summed E-state index contributed by atoms with van der Waals surface area (Å²) in [6.45, 7) is 2.57. The van der Waals surface area contributed by atoms with E-state index in [9.17, 15) is 63.7 Å². The number of carboxylic acids is 3. The molecular weight excluding hydrogens is 1040 g/mol. The smallest absolute Gasteiger partial charge is 0.475 e. The minimum absolute atomic E-state index is 0.0132. The van der Waals surface area contributed by atoms with E-state index in [1.165, 1.54) is 11.8 Å². The number of carboxylic acid groups (broad SMARTS) is 3. The molecule has 0 bridgehead atoms. The summed E-state index contributed by atoms with van der Waals surface area (Å²) in [6, 6.07) is 15.3. The minimum atomic E-state index is -1.66. The molecule has 0 spiro atoms. The van der Waals surface area contributed by atoms with Crippen molar-refractivity contribution in [2.75, 3.05) is 59.0 Å². The van der Waals surface area contributed by atoms with Crippen molar-refractivity contribution in [2.45, 2.75) is 115 Å². The highest BCUT2D eigenvalue weighted by Crippen LogP contribution is 2.27. The molecule has 0 radical (unpaired) electrons. The summed E-state index contributed by atoms with van der Waals surface area (Å²) in [5.41, 5.74) is 14.8. The first-order chi connectivity index (χ1) is 38.2. The molecule has 3 atom stereocenters. The number of fused-ring (bicyclic) bond motifs is 2. The van der Waals surface area contributed by atoms with Crippen molar-refractivity contribution in [2.24, 2.45) is 16.5 Å². The van der Waals surface area contributed by atoms with Gasteiger partial charge in [-0.2, -0.15) is 0 Å². The molecule has 434 valence electrons. The number of hydrogen-bond acceptors (Lipinski definition) is 15. The lowest BCUT2D eigenvalue weighted by Crippen LogP contribution is -2.52. The van der Waals surface area contributed by atoms with Gasteiger partial charge in [-0.3, -0.25) is 53.1 Å². The molecule has 5 amide bonds. The van der Waals surface area contributed by atoms with Crippen molar-refractivity contribution in [3.8, 4) is 11.5 Å². The van der Waals surface area contributed by atoms with Gasteiger partial charge in [-0.15, -0.1) is 0 Å². The molecule has 1 saturated heterocycles. The lowest BCUT2D eigenvalue weighted by Gasteiger charge is -2.28. The molecule has 0 aliphatic carbocycles. The van der Waals surface area contributed by atoms with Crippen molar-refractivity contribution in [3.63, 3.8) is 0 Å². The standard InChI is InChI=1S/C54H75BN10O15/c1-35(53(76)65-23-5-7-45(65)55(77)78)61-51(74)39-15-9-38(10-16-39)30-60-46(66)8-2-3-21-58-52(75)42(6-4-22-59-54(56)57)62-47(67)19-13-36-11-17-43-40(28-36)31-63(33-49(70)71)24-25-64(34-50(72)73)32-41-29-37(14-20-48(68)69)12-18-44(41)80-27-26-79-43/h9-12,15-18,28-29,35,42,45,77-78H,2-8,13-14,19-27,30-34H2,1H3,(H,58,75)(H,60,66)(H,61,74)(H,62,67)(H,68,69)(H,70,71)(H,72,73)(H4,56,57,59)/t35-,42+,45+/m1/s1. The maximum absolute atomic E-state index is 13.5. The van der Waals surface area contributed by atoms with Crippen molar-refractivity contribution in [1.29, 1.82) is 0 Å². The average molecular weight is 1120 g/mol. The molecule has 26 heteroatoms. The van der Waals surface area contributed by atoms with E-state index in [2.05, 4.69) is 26.3 Å². The topological polar surface area (TPSA) is 378 Å². The zero-order valence-corrected chi connectivity index (χ0v) is 45.1. The number of nitrogens with one attached hydrogen (secondary N) is 4. The van der Waals surface area contributed by atoms with Gasteiger partial charge in [-0.05, 0) is 99.2 Å². The SMILES string of the molecule is C[C@@H](NC(=O)c1ccc(CNC(=O)CCCCNC(=O)[C@H](CCCN=C(N)N)NC(=O)CCc2ccc3c(c2)CN(CC(=O)O)CCN(CC(=O)O)Cc2cc(CCC(=O)O)ccc2OCCO3)cc1)C(=O)N1CCC[C@H]1B(O)O. The third kappa shape index (κ3) is 21.8. The number of aliphatic carboxylic acids is 3. The van der Waals surface area contributed by atoms with E-state index in [1.54, 1.807) is 64.4 Å². The summed E-state index contributed by atoms with van der Waals surface area (Å²) in [5.74, 6) is -4.99. The third-order valence-electron chi connectivity index (χ3n) is 13.4. The molecule has 3 aromatic rings. The minimum Gasteiger partial charge on any atom is -0.490 e. The number of ether oxygens (including phenoxy) is 2. The fourth-order valence-corrected chi connectivity index (χ4v) is 9.31. The van der Waals surface area contributed by atoms with Crippen LogP contribution in [-0.4, -0.2) is 178 Å². The molecule has 2 aliphatic rings. The number of nitrogens with two attached hydrogens (primary N) is 2. The Labute approximate surface area is 464 Å². The number of carbonyl (C=O) groups excluding carboxylic acids is 5. The number of likely N-dealkylation sites (tertiary alicyclic amines) is 1. The van der Waals surface area contributed by atoms with E-state index < -0.39 is 66.7 Å². The Morgan fingerprint density at radius 3 is 1.85 bits per heavy atom. The van der Waals surface area contributed by atoms with Crippen molar-refractivity contribution in [3.05, 3.63) is 94.0 Å². The van der Waals surface area contributed by atoms with Crippen LogP contribution in [0.3, 0.4) is 0 Å². The van der Waals surface area contributed by atoms with Crippen molar-refractivity contribution >= 4 is 60.5 Å². The van der Waals surface area contributed by atoms with E-state index in [0.29, 0.717) is 66.8 Å². The van der Waals surface area contributed by atoms with Gasteiger partial charge in [0.05, 0.1) is 19.0 Å². The van der Waals surface area contributed by atoms with Gasteiger partial charge in [0, 0.05) is 88.3 Å². The van der Waals surface area contributed by atoms with Crippen LogP contribution in [0.5, 0.6) is 11.5 Å². The second kappa shape index (κ2) is 32.3. The highest BCUT2D eigenvalue weighted by molar-refractivity contribution is 6.43. The van der Waals surface area contributed by atoms with E-state index in [4.69, 9.17) is 20.9 Å². The fourth-order valence-electron chi connectivity index (χ4n) is 9.31. The number of guanidine groups is 1. The second-order valence-electron chi connectivity index (χ2n) is 19.8. The molecule has 1 fully saturated rings. The molecule has 13 N–H and O–H groups in total. The number of nitrogens with zero attached hydrogens (tertiary/aromatic N) is 4. The molecule has 0 unspecified atom stereocenters. The summed E-state index contributed by atoms with van der Waals surface area (Å²) in [4.78, 5) is 109. The van der Waals surface area contributed by atoms with Crippen molar-refractivity contribution < 1.29 is 73.2 Å². The second-order valence-corrected chi connectivity index (χ2v) is 19.8. The van der Waals surface area contributed by atoms with Gasteiger partial charge < -0.3 is 72.5 Å². The average Bonchev–Trinajstić information content (AvgIpc) is 3.92. The van der Waals surface area contributed by atoms with Gasteiger partial charge in [0.25, 0.3) is 5.91 Å². The van der Waals surface area contributed by atoms with Crippen LogP contribution in [0.2, 0.25) is 0 Å². The number of hydrogen-bond donors (Lipinski definition) is 11. The molecule has 2 aliphatic heterocycles. The normalized spacial score (nSPS) is 15.7. The summed E-state index contributed by atoms with van der Waals surface area (Å²) in [7, 11) is -1.66. The van der Waals surface area contributed by atoms with Gasteiger partial charge in [-0.25, -0.2) is 0 Å². The van der Waals surface area contributed by atoms with E-state index >= 15 is 0 Å². The molecule has 5 rings (SSSR count). The molecule has 25 nitrogen and oxygen atoms in total. The summed E-state index contributed by atoms with van der Waals surface area (Å²) in [5, 5.41) is 59.3. The maximum Gasteiger partial charge on any atom is 0.475 e. The predicted molar refractivity (Wildman–Crippen MR) is 293 cm³/mol. The first-order valence-electron chi connectivity index (χ1n) is 26.8. The van der Waals surface area contributed by atoms with Crippen LogP contribution in [0.4, 0.5) is 0 Å². The summed E-state index contributed by atoms with van der Waals surface area (Å²) < 4.78 is 12.3. The van der Waals surface area contributed by atoms with E-state index in [0.717, 1.165) is 16.7 Å². The number of amides is 5. The predicted octanol–water partition coefficient (Wildman–Crippen LogP) is 0.144. The van der Waals surface area contributed by atoms with E-state index in [1.807, 2.05) is 6.07 Å². The van der Waals surface area contributed by atoms with Crippen LogP contribution in [0.15, 0.2) is 65.7 Å². The largest absolute Gasteiger partial charge is 0.490 e. The van der Waals surface area contributed by atoms with Crippen LogP contribution in [0.1, 0.15) is 103 Å². The van der Waals surface area contributed by atoms with Crippen LogP contribution < -0.4 is 42.2 Å². The fraction of sp³-hybridized carbons (Fsp3) is 0.500. The molecular formula is C54H75BN10O15. The van der Waals surface area contributed by atoms with Gasteiger partial charge >= 0.3 is 25.0 Å². The number of aryl methyl sites for hydroxylation is 2. The van der Waals surface area contributed by atoms with Crippen molar-refractivity contribution in [1.82, 2.24) is 36.0 Å². The number of benzene rings is 3.